The van der Waals surface area contributed by atoms with Crippen molar-refractivity contribution in [2.75, 3.05) is 5.73 Å². The zero-order valence-corrected chi connectivity index (χ0v) is 12.4. The van der Waals surface area contributed by atoms with Crippen LogP contribution in [0.3, 0.4) is 0 Å². The van der Waals surface area contributed by atoms with Crippen molar-refractivity contribution >= 4 is 37.5 Å². The zero-order valence-electron chi connectivity index (χ0n) is 9.20. The molecule has 4 nitrogen and oxygen atoms in total. The molecule has 0 aliphatic rings. The van der Waals surface area contributed by atoms with Crippen LogP contribution in [-0.2, 0) is 6.42 Å². The minimum absolute atomic E-state index is 0.452. The number of halogens is 2. The average molecular weight is 361 g/mol. The summed E-state index contributed by atoms with van der Waals surface area (Å²) in [6, 6.07) is 3.74. The lowest BCUT2D eigenvalue weighted by Gasteiger charge is -2.04. The van der Waals surface area contributed by atoms with Crippen molar-refractivity contribution in [2.24, 2.45) is 0 Å². The van der Waals surface area contributed by atoms with Crippen LogP contribution in [0.1, 0.15) is 19.2 Å². The van der Waals surface area contributed by atoms with Crippen molar-refractivity contribution in [3.63, 3.8) is 0 Å². The topological polar surface area (TPSA) is 64.9 Å². The number of nitrogens with zero attached hydrogens (tertiary/aromatic N) is 2. The first kappa shape index (κ1) is 12.6. The van der Waals surface area contributed by atoms with Gasteiger partial charge in [-0.3, -0.25) is 0 Å². The van der Waals surface area contributed by atoms with Crippen molar-refractivity contribution in [1.29, 1.82) is 0 Å². The Morgan fingerprint density at radius 2 is 2.12 bits per heavy atom. The van der Waals surface area contributed by atoms with E-state index < -0.39 is 0 Å². The van der Waals surface area contributed by atoms with Crippen LogP contribution in [0.4, 0.5) is 5.69 Å². The Hall–Kier alpha value is -0.880. The summed E-state index contributed by atoms with van der Waals surface area (Å²) in [6.07, 6.45) is 1.79. The largest absolute Gasteiger partial charge is 0.397 e. The molecule has 0 amide bonds. The first-order chi connectivity index (χ1) is 8.11. The third-order valence-electron chi connectivity index (χ3n) is 2.27. The van der Waals surface area contributed by atoms with Gasteiger partial charge in [0.25, 0.3) is 5.89 Å². The summed E-state index contributed by atoms with van der Waals surface area (Å²) in [5, 5.41) is 3.91. The monoisotopic (exact) mass is 359 g/mol. The number of aromatic nitrogens is 2. The van der Waals surface area contributed by atoms with E-state index in [9.17, 15) is 0 Å². The molecule has 0 fully saturated rings. The SMILES string of the molecule is CCCc1noc(-c2cc(Br)cc(Br)c2N)n1. The Balaban J connectivity index is 2.44. The Labute approximate surface area is 116 Å². The van der Waals surface area contributed by atoms with Gasteiger partial charge in [0.05, 0.1) is 11.3 Å². The molecule has 1 aromatic carbocycles. The minimum Gasteiger partial charge on any atom is -0.397 e. The van der Waals surface area contributed by atoms with E-state index in [2.05, 4.69) is 48.9 Å². The number of nitrogen functional groups attached to an aromatic ring is 1. The predicted molar refractivity (Wildman–Crippen MR) is 73.5 cm³/mol. The molecule has 1 aromatic heterocycles. The van der Waals surface area contributed by atoms with Crippen molar-refractivity contribution in [3.05, 3.63) is 26.9 Å². The molecular weight excluding hydrogens is 350 g/mol. The lowest BCUT2D eigenvalue weighted by molar-refractivity contribution is 0.422. The maximum absolute atomic E-state index is 5.97. The van der Waals surface area contributed by atoms with Crippen LogP contribution in [0.15, 0.2) is 25.6 Å². The highest BCUT2D eigenvalue weighted by Crippen LogP contribution is 2.34. The average Bonchev–Trinajstić information content (AvgIpc) is 2.72. The van der Waals surface area contributed by atoms with Gasteiger partial charge in [0.2, 0.25) is 0 Å². The molecule has 0 atom stereocenters. The van der Waals surface area contributed by atoms with E-state index in [1.165, 1.54) is 0 Å². The molecular formula is C11H11Br2N3O. The molecule has 0 aliphatic heterocycles. The van der Waals surface area contributed by atoms with E-state index in [-0.39, 0.29) is 0 Å². The van der Waals surface area contributed by atoms with Gasteiger partial charge >= 0.3 is 0 Å². The third kappa shape index (κ3) is 2.69. The van der Waals surface area contributed by atoms with E-state index in [4.69, 9.17) is 10.3 Å². The van der Waals surface area contributed by atoms with Crippen LogP contribution in [0.25, 0.3) is 11.5 Å². The van der Waals surface area contributed by atoms with E-state index in [1.807, 2.05) is 12.1 Å². The van der Waals surface area contributed by atoms with Gasteiger partial charge in [0.15, 0.2) is 5.82 Å². The van der Waals surface area contributed by atoms with Crippen molar-refractivity contribution in [1.82, 2.24) is 10.1 Å². The molecule has 0 saturated carbocycles. The fourth-order valence-corrected chi connectivity index (χ4v) is 2.68. The Morgan fingerprint density at radius 1 is 1.35 bits per heavy atom. The van der Waals surface area contributed by atoms with E-state index in [1.54, 1.807) is 0 Å². The molecule has 6 heteroatoms. The van der Waals surface area contributed by atoms with Gasteiger partial charge < -0.3 is 10.3 Å². The van der Waals surface area contributed by atoms with Gasteiger partial charge in [-0.05, 0) is 34.5 Å². The highest BCUT2D eigenvalue weighted by atomic mass is 79.9. The van der Waals surface area contributed by atoms with Gasteiger partial charge in [-0.2, -0.15) is 4.98 Å². The molecule has 2 rings (SSSR count). The smallest absolute Gasteiger partial charge is 0.260 e. The third-order valence-corrected chi connectivity index (χ3v) is 3.38. The van der Waals surface area contributed by atoms with Crippen LogP contribution in [0.2, 0.25) is 0 Å². The second-order valence-electron chi connectivity index (χ2n) is 3.61. The van der Waals surface area contributed by atoms with Crippen LogP contribution in [0.5, 0.6) is 0 Å². The summed E-state index contributed by atoms with van der Waals surface area (Å²) in [7, 11) is 0. The van der Waals surface area contributed by atoms with Crippen molar-refractivity contribution in [2.45, 2.75) is 19.8 Å². The highest BCUT2D eigenvalue weighted by Gasteiger charge is 2.14. The molecule has 0 radical (unpaired) electrons. The number of nitrogens with two attached hydrogens (primary N) is 1. The molecule has 0 spiro atoms. The van der Waals surface area contributed by atoms with E-state index in [0.717, 1.165) is 27.4 Å². The zero-order chi connectivity index (χ0) is 12.4. The Bertz CT molecular complexity index is 540. The normalized spacial score (nSPS) is 10.8. The van der Waals surface area contributed by atoms with Gasteiger partial charge in [-0.25, -0.2) is 0 Å². The molecule has 1 heterocycles. The Morgan fingerprint density at radius 3 is 2.82 bits per heavy atom. The quantitative estimate of drug-likeness (QED) is 0.845. The summed E-state index contributed by atoms with van der Waals surface area (Å²) < 4.78 is 6.92. The molecule has 0 unspecified atom stereocenters. The second-order valence-corrected chi connectivity index (χ2v) is 5.38. The molecule has 2 N–H and O–H groups in total. The number of anilines is 1. The fourth-order valence-electron chi connectivity index (χ4n) is 1.45. The standard InChI is InChI=1S/C11H11Br2N3O/c1-2-3-9-15-11(17-16-9)7-4-6(12)5-8(13)10(7)14/h4-5H,2-3,14H2,1H3. The summed E-state index contributed by atoms with van der Waals surface area (Å²) in [5.74, 6) is 1.16. The molecule has 17 heavy (non-hydrogen) atoms. The van der Waals surface area contributed by atoms with E-state index >= 15 is 0 Å². The van der Waals surface area contributed by atoms with Crippen LogP contribution < -0.4 is 5.73 Å². The fraction of sp³-hybridized carbons (Fsp3) is 0.273. The molecule has 0 bridgehead atoms. The second kappa shape index (κ2) is 5.18. The lowest BCUT2D eigenvalue weighted by atomic mass is 10.2. The summed E-state index contributed by atoms with van der Waals surface area (Å²) in [5.41, 5.74) is 7.31. The van der Waals surface area contributed by atoms with Gasteiger partial charge in [0, 0.05) is 15.4 Å². The lowest BCUT2D eigenvalue weighted by Crippen LogP contribution is -1.92. The van der Waals surface area contributed by atoms with Crippen LogP contribution in [0, 0.1) is 0 Å². The summed E-state index contributed by atoms with van der Waals surface area (Å²) >= 11 is 6.79. The van der Waals surface area contributed by atoms with Crippen LogP contribution >= 0.6 is 31.9 Å². The van der Waals surface area contributed by atoms with Gasteiger partial charge in [0.1, 0.15) is 0 Å². The van der Waals surface area contributed by atoms with Crippen LogP contribution in [-0.4, -0.2) is 10.1 Å². The molecule has 2 aromatic rings. The number of rotatable bonds is 3. The maximum atomic E-state index is 5.97. The number of aryl methyl sites for hydroxylation is 1. The number of benzene rings is 1. The predicted octanol–water partition coefficient (Wildman–Crippen LogP) is 3.80. The van der Waals surface area contributed by atoms with Crippen molar-refractivity contribution < 1.29 is 4.52 Å². The van der Waals surface area contributed by atoms with Gasteiger partial charge in [-0.15, -0.1) is 0 Å². The number of hydrogen-bond acceptors (Lipinski definition) is 4. The first-order valence-corrected chi connectivity index (χ1v) is 6.78. The Kier molecular flexibility index (Phi) is 3.83. The highest BCUT2D eigenvalue weighted by molar-refractivity contribution is 9.11. The summed E-state index contributed by atoms with van der Waals surface area (Å²) in [4.78, 5) is 4.31. The minimum atomic E-state index is 0.452. The maximum Gasteiger partial charge on any atom is 0.260 e. The van der Waals surface area contributed by atoms with Crippen molar-refractivity contribution in [3.8, 4) is 11.5 Å². The molecule has 90 valence electrons. The molecule has 0 saturated heterocycles. The summed E-state index contributed by atoms with van der Waals surface area (Å²) in [6.45, 7) is 2.07. The number of hydrogen-bond donors (Lipinski definition) is 1. The molecule has 0 aliphatic carbocycles. The van der Waals surface area contributed by atoms with E-state index in [0.29, 0.717) is 17.4 Å². The van der Waals surface area contributed by atoms with Gasteiger partial charge in [-0.1, -0.05) is 28.0 Å². The first-order valence-electron chi connectivity index (χ1n) is 5.19.